The second-order valence-corrected chi connectivity index (χ2v) is 14.3. The lowest BCUT2D eigenvalue weighted by Gasteiger charge is -2.18. The Morgan fingerprint density at radius 3 is 1.72 bits per heavy atom. The summed E-state index contributed by atoms with van der Waals surface area (Å²) in [5, 5.41) is 33.8. The minimum atomic E-state index is 0.417. The molecule has 0 atom stereocenters. The van der Waals surface area contributed by atoms with E-state index in [0.29, 0.717) is 28.1 Å². The number of fused-ring (bicyclic) bond motifs is 6. The number of benzene rings is 7. The maximum absolute atomic E-state index is 10.3. The molecule has 7 aromatic carbocycles. The van der Waals surface area contributed by atoms with Crippen molar-refractivity contribution in [2.24, 2.45) is 0 Å². The minimum Gasteiger partial charge on any atom is -0.309 e. The van der Waals surface area contributed by atoms with Gasteiger partial charge in [0.05, 0.1) is 76.6 Å². The number of hydrogen-bond donors (Lipinski definition) is 0. The molecule has 0 aliphatic rings. The summed E-state index contributed by atoms with van der Waals surface area (Å²) >= 11 is 0. The van der Waals surface area contributed by atoms with E-state index in [2.05, 4.69) is 90.5 Å². The van der Waals surface area contributed by atoms with Crippen LogP contribution in [0.25, 0.3) is 98.1 Å². The largest absolute Gasteiger partial charge is 0.309 e. The van der Waals surface area contributed by atoms with Crippen LogP contribution >= 0.6 is 0 Å². The fourth-order valence-corrected chi connectivity index (χ4v) is 8.49. The Morgan fingerprint density at radius 1 is 0.467 bits per heavy atom. The van der Waals surface area contributed by atoms with Gasteiger partial charge >= 0.3 is 0 Å². The quantitative estimate of drug-likeness (QED) is 0.163. The van der Waals surface area contributed by atoms with Crippen LogP contribution in [0.5, 0.6) is 0 Å². The van der Waals surface area contributed by atoms with E-state index in [4.69, 9.17) is 13.1 Å². The van der Waals surface area contributed by atoms with Gasteiger partial charge < -0.3 is 9.13 Å². The van der Waals surface area contributed by atoms with Gasteiger partial charge in [0.1, 0.15) is 0 Å². The Morgan fingerprint density at radius 2 is 1.07 bits per heavy atom. The molecule has 0 bridgehead atoms. The van der Waals surface area contributed by atoms with Crippen LogP contribution in [0.2, 0.25) is 0 Å². The van der Waals surface area contributed by atoms with E-state index in [1.165, 1.54) is 0 Å². The third kappa shape index (κ3) is 5.45. The SMILES string of the molecule is [C-]#[N+]c1ccc(-c2ccc3c(c2)c2ccccc2n3-c2ccc(C#N)cc2-c2ccncc2-n2c3ccccc3c3cc(-c4ccc(C#N)cc4[N+]#[C-])ccc32)c(C#N)c1. The molecule has 3 heterocycles. The molecule has 0 spiro atoms. The standard InChI is InChI=1S/C52H26N8/c1-56-37-15-17-38(36(25-37)30-55)34-13-19-50-44(26-34)40-7-3-5-9-47(40)59(50)49-18-12-32(28-53)23-43(49)42-21-22-58-31-52(42)60-48-10-6-4-8-41(48)45-27-35(14-20-51(45)60)39-16-11-33(29-54)24-46(39)57-2/h3-27,31H. The molecule has 60 heavy (non-hydrogen) atoms. The predicted octanol–water partition coefficient (Wildman–Crippen LogP) is 13.0. The van der Waals surface area contributed by atoms with Gasteiger partial charge in [0.25, 0.3) is 0 Å². The molecule has 0 N–H and O–H groups in total. The van der Waals surface area contributed by atoms with E-state index in [9.17, 15) is 15.8 Å². The Kier molecular flexibility index (Phi) is 8.23. The topological polar surface area (TPSA) is 103 Å². The van der Waals surface area contributed by atoms with Crippen molar-refractivity contribution in [3.8, 4) is 63.0 Å². The number of nitriles is 3. The molecular weight excluding hydrogens is 737 g/mol. The summed E-state index contributed by atoms with van der Waals surface area (Å²) in [4.78, 5) is 11.9. The molecule has 0 amide bonds. The van der Waals surface area contributed by atoms with Crippen LogP contribution in [0, 0.1) is 47.1 Å². The first-order valence-corrected chi connectivity index (χ1v) is 18.9. The van der Waals surface area contributed by atoms with Gasteiger partial charge in [-0.2, -0.15) is 15.8 Å². The Balaban J connectivity index is 1.20. The van der Waals surface area contributed by atoms with Crippen molar-refractivity contribution >= 4 is 55.0 Å². The van der Waals surface area contributed by atoms with Crippen molar-refractivity contribution in [3.63, 3.8) is 0 Å². The lowest BCUT2D eigenvalue weighted by Crippen LogP contribution is -2.02. The molecule has 0 radical (unpaired) electrons. The average Bonchev–Trinajstić information content (AvgIpc) is 3.82. The summed E-state index contributed by atoms with van der Waals surface area (Å²) in [6.07, 6.45) is 3.63. The summed E-state index contributed by atoms with van der Waals surface area (Å²) < 4.78 is 4.44. The van der Waals surface area contributed by atoms with Gasteiger partial charge in [0.2, 0.25) is 0 Å². The fourth-order valence-electron chi connectivity index (χ4n) is 8.49. The van der Waals surface area contributed by atoms with E-state index >= 15 is 0 Å². The number of rotatable bonds is 5. The minimum absolute atomic E-state index is 0.417. The fraction of sp³-hybridized carbons (Fsp3) is 0. The summed E-state index contributed by atoms with van der Waals surface area (Å²) in [7, 11) is 0. The maximum atomic E-state index is 10.3. The molecule has 0 fully saturated rings. The highest BCUT2D eigenvalue weighted by atomic mass is 15.0. The number of pyridine rings is 1. The third-order valence-electron chi connectivity index (χ3n) is 11.2. The Bertz CT molecular complexity index is 3680. The van der Waals surface area contributed by atoms with E-state index in [0.717, 1.165) is 88.4 Å². The van der Waals surface area contributed by atoms with Crippen molar-refractivity contribution in [2.45, 2.75) is 0 Å². The van der Waals surface area contributed by atoms with Crippen LogP contribution in [-0.2, 0) is 0 Å². The normalized spacial score (nSPS) is 10.9. The van der Waals surface area contributed by atoms with Gasteiger partial charge in [0, 0.05) is 50.0 Å². The van der Waals surface area contributed by atoms with Crippen LogP contribution < -0.4 is 0 Å². The first kappa shape index (κ1) is 35.2. The predicted molar refractivity (Wildman–Crippen MR) is 236 cm³/mol. The van der Waals surface area contributed by atoms with Gasteiger partial charge in [0.15, 0.2) is 11.4 Å². The van der Waals surface area contributed by atoms with Crippen LogP contribution in [0.15, 0.2) is 158 Å². The summed E-state index contributed by atoms with van der Waals surface area (Å²) in [6, 6.07) is 53.7. The van der Waals surface area contributed by atoms with Crippen molar-refractivity contribution < 1.29 is 0 Å². The highest BCUT2D eigenvalue weighted by Gasteiger charge is 2.22. The molecule has 0 aliphatic heterocycles. The summed E-state index contributed by atoms with van der Waals surface area (Å²) in [6.45, 7) is 15.3. The van der Waals surface area contributed by atoms with E-state index in [1.807, 2.05) is 79.0 Å². The molecule has 274 valence electrons. The lowest BCUT2D eigenvalue weighted by molar-refractivity contribution is 1.13. The zero-order valence-electron chi connectivity index (χ0n) is 31.6. The number of aromatic nitrogens is 3. The Hall–Kier alpha value is -9.26. The zero-order chi connectivity index (χ0) is 40.9. The molecule has 8 heteroatoms. The summed E-state index contributed by atoms with van der Waals surface area (Å²) in [5.41, 5.74) is 12.7. The monoisotopic (exact) mass is 762 g/mol. The van der Waals surface area contributed by atoms with Crippen molar-refractivity contribution in [2.75, 3.05) is 0 Å². The molecule has 0 saturated carbocycles. The van der Waals surface area contributed by atoms with Gasteiger partial charge in [-0.15, -0.1) is 0 Å². The van der Waals surface area contributed by atoms with Crippen LogP contribution in [0.3, 0.4) is 0 Å². The number of para-hydroxylation sites is 2. The number of nitrogens with zero attached hydrogens (tertiary/aromatic N) is 8. The summed E-state index contributed by atoms with van der Waals surface area (Å²) in [5.74, 6) is 0. The first-order valence-electron chi connectivity index (χ1n) is 18.9. The van der Waals surface area contributed by atoms with E-state index < -0.39 is 0 Å². The lowest BCUT2D eigenvalue weighted by atomic mass is 9.98. The third-order valence-corrected chi connectivity index (χ3v) is 11.2. The van der Waals surface area contributed by atoms with Crippen molar-refractivity contribution in [1.82, 2.24) is 14.1 Å². The van der Waals surface area contributed by atoms with E-state index in [1.54, 1.807) is 30.5 Å². The highest BCUT2D eigenvalue weighted by molar-refractivity contribution is 6.13. The van der Waals surface area contributed by atoms with Gasteiger partial charge in [-0.1, -0.05) is 66.7 Å². The van der Waals surface area contributed by atoms with Gasteiger partial charge in [-0.3, -0.25) is 4.98 Å². The van der Waals surface area contributed by atoms with E-state index in [-0.39, 0.29) is 0 Å². The Labute approximate surface area is 344 Å². The molecule has 0 saturated heterocycles. The molecule has 10 aromatic rings. The smallest absolute Gasteiger partial charge is 0.196 e. The van der Waals surface area contributed by atoms with Crippen LogP contribution in [0.1, 0.15) is 16.7 Å². The van der Waals surface area contributed by atoms with Crippen molar-refractivity contribution in [1.29, 1.82) is 15.8 Å². The molecular formula is C52H26N8. The second-order valence-electron chi connectivity index (χ2n) is 14.3. The van der Waals surface area contributed by atoms with Gasteiger partial charge in [-0.05, 0) is 101 Å². The molecule has 0 unspecified atom stereocenters. The molecule has 3 aromatic heterocycles. The number of hydrogen-bond acceptors (Lipinski definition) is 4. The molecule has 10 rings (SSSR count). The molecule has 0 aliphatic carbocycles. The highest BCUT2D eigenvalue weighted by Crippen LogP contribution is 2.43. The van der Waals surface area contributed by atoms with Crippen LogP contribution in [0.4, 0.5) is 11.4 Å². The van der Waals surface area contributed by atoms with Crippen molar-refractivity contribution in [3.05, 3.63) is 198 Å². The maximum Gasteiger partial charge on any atom is 0.196 e. The van der Waals surface area contributed by atoms with Gasteiger partial charge in [-0.25, -0.2) is 9.69 Å². The molecule has 8 nitrogen and oxygen atoms in total. The average molecular weight is 763 g/mol. The van der Waals surface area contributed by atoms with Crippen LogP contribution in [-0.4, -0.2) is 14.1 Å². The first-order chi connectivity index (χ1) is 29.5. The zero-order valence-corrected chi connectivity index (χ0v) is 31.6. The second kappa shape index (κ2) is 14.0.